The normalized spacial score (nSPS) is 12.2. The summed E-state index contributed by atoms with van der Waals surface area (Å²) in [5, 5.41) is 0. The van der Waals surface area contributed by atoms with Crippen molar-refractivity contribution >= 4 is 21.8 Å². The fourth-order valence-electron chi connectivity index (χ4n) is 1.52. The predicted molar refractivity (Wildman–Crippen MR) is 70.5 cm³/mol. The van der Waals surface area contributed by atoms with E-state index in [0.29, 0.717) is 6.54 Å². The quantitative estimate of drug-likeness (QED) is 0.760. The SMILES string of the molecule is CC[C@H](Br)C(=O)N(CC)Cc1ccccc1. The summed E-state index contributed by atoms with van der Waals surface area (Å²) < 4.78 is 0. The van der Waals surface area contributed by atoms with E-state index in [1.807, 2.05) is 49.1 Å². The lowest BCUT2D eigenvalue weighted by molar-refractivity contribution is -0.130. The number of benzene rings is 1. The molecule has 3 heteroatoms. The van der Waals surface area contributed by atoms with Crippen LogP contribution in [0.2, 0.25) is 0 Å². The lowest BCUT2D eigenvalue weighted by Crippen LogP contribution is -2.35. The van der Waals surface area contributed by atoms with Crippen LogP contribution in [0.15, 0.2) is 30.3 Å². The van der Waals surface area contributed by atoms with Gasteiger partial charge in [0.05, 0.1) is 4.83 Å². The molecule has 1 aromatic carbocycles. The van der Waals surface area contributed by atoms with Gasteiger partial charge in [-0.3, -0.25) is 4.79 Å². The summed E-state index contributed by atoms with van der Waals surface area (Å²) in [4.78, 5) is 13.8. The first-order chi connectivity index (χ1) is 7.69. The minimum atomic E-state index is -0.0591. The minimum Gasteiger partial charge on any atom is -0.338 e. The molecule has 1 atom stereocenters. The van der Waals surface area contributed by atoms with E-state index in [1.54, 1.807) is 0 Å². The van der Waals surface area contributed by atoms with Crippen LogP contribution >= 0.6 is 15.9 Å². The number of hydrogen-bond donors (Lipinski definition) is 0. The maximum atomic E-state index is 12.0. The summed E-state index contributed by atoms with van der Waals surface area (Å²) in [6.45, 7) is 5.46. The Morgan fingerprint density at radius 1 is 1.31 bits per heavy atom. The molecule has 0 radical (unpaired) electrons. The molecule has 0 N–H and O–H groups in total. The topological polar surface area (TPSA) is 20.3 Å². The molecular formula is C13H18BrNO. The van der Waals surface area contributed by atoms with Crippen molar-refractivity contribution in [2.24, 2.45) is 0 Å². The second-order valence-electron chi connectivity index (χ2n) is 3.71. The van der Waals surface area contributed by atoms with E-state index in [4.69, 9.17) is 0 Å². The van der Waals surface area contributed by atoms with Crippen molar-refractivity contribution < 1.29 is 4.79 Å². The molecule has 0 aliphatic heterocycles. The van der Waals surface area contributed by atoms with Gasteiger partial charge < -0.3 is 4.90 Å². The van der Waals surface area contributed by atoms with E-state index in [1.165, 1.54) is 5.56 Å². The van der Waals surface area contributed by atoms with E-state index in [2.05, 4.69) is 15.9 Å². The zero-order chi connectivity index (χ0) is 12.0. The number of amides is 1. The average molecular weight is 284 g/mol. The molecule has 0 heterocycles. The smallest absolute Gasteiger partial charge is 0.236 e. The maximum Gasteiger partial charge on any atom is 0.236 e. The molecule has 0 unspecified atom stereocenters. The second kappa shape index (κ2) is 6.69. The van der Waals surface area contributed by atoms with Gasteiger partial charge in [-0.25, -0.2) is 0 Å². The van der Waals surface area contributed by atoms with Crippen LogP contribution in [0.3, 0.4) is 0 Å². The van der Waals surface area contributed by atoms with Crippen molar-refractivity contribution in [1.82, 2.24) is 4.90 Å². The van der Waals surface area contributed by atoms with Gasteiger partial charge in [0, 0.05) is 13.1 Å². The lowest BCUT2D eigenvalue weighted by Gasteiger charge is -2.23. The van der Waals surface area contributed by atoms with Crippen molar-refractivity contribution in [3.8, 4) is 0 Å². The van der Waals surface area contributed by atoms with Crippen molar-refractivity contribution in [2.75, 3.05) is 6.54 Å². The monoisotopic (exact) mass is 283 g/mol. The van der Waals surface area contributed by atoms with Crippen molar-refractivity contribution in [2.45, 2.75) is 31.6 Å². The number of carbonyl (C=O) groups is 1. The summed E-state index contributed by atoms with van der Waals surface area (Å²) >= 11 is 3.41. The number of halogens is 1. The van der Waals surface area contributed by atoms with Crippen molar-refractivity contribution in [3.05, 3.63) is 35.9 Å². The molecule has 0 saturated heterocycles. The first-order valence-corrected chi connectivity index (χ1v) is 6.57. The molecule has 1 rings (SSSR count). The highest BCUT2D eigenvalue weighted by atomic mass is 79.9. The van der Waals surface area contributed by atoms with Crippen LogP contribution < -0.4 is 0 Å². The van der Waals surface area contributed by atoms with Crippen LogP contribution in [-0.2, 0) is 11.3 Å². The van der Waals surface area contributed by atoms with Crippen LogP contribution in [-0.4, -0.2) is 22.2 Å². The van der Waals surface area contributed by atoms with Crippen LogP contribution in [0.1, 0.15) is 25.8 Å². The Hall–Kier alpha value is -0.830. The minimum absolute atomic E-state index is 0.0591. The lowest BCUT2D eigenvalue weighted by atomic mass is 10.2. The Morgan fingerprint density at radius 3 is 2.44 bits per heavy atom. The van der Waals surface area contributed by atoms with Crippen LogP contribution in [0.5, 0.6) is 0 Å². The van der Waals surface area contributed by atoms with Crippen LogP contribution in [0.4, 0.5) is 0 Å². The Kier molecular flexibility index (Phi) is 5.53. The first-order valence-electron chi connectivity index (χ1n) is 5.65. The van der Waals surface area contributed by atoms with Gasteiger partial charge in [0.15, 0.2) is 0 Å². The van der Waals surface area contributed by atoms with E-state index < -0.39 is 0 Å². The highest BCUT2D eigenvalue weighted by Gasteiger charge is 2.18. The zero-order valence-corrected chi connectivity index (χ0v) is 11.4. The molecule has 0 saturated carbocycles. The second-order valence-corrected chi connectivity index (χ2v) is 4.82. The first kappa shape index (κ1) is 13.2. The Balaban J connectivity index is 2.66. The summed E-state index contributed by atoms with van der Waals surface area (Å²) in [5.74, 6) is 0.175. The van der Waals surface area contributed by atoms with Crippen molar-refractivity contribution in [1.29, 1.82) is 0 Å². The van der Waals surface area contributed by atoms with Crippen LogP contribution in [0, 0.1) is 0 Å². The Morgan fingerprint density at radius 2 is 1.94 bits per heavy atom. The highest BCUT2D eigenvalue weighted by Crippen LogP contribution is 2.12. The Bertz CT molecular complexity index is 326. The summed E-state index contributed by atoms with van der Waals surface area (Å²) in [6, 6.07) is 10.1. The van der Waals surface area contributed by atoms with E-state index in [0.717, 1.165) is 13.0 Å². The summed E-state index contributed by atoms with van der Waals surface area (Å²) in [6.07, 6.45) is 0.824. The fourth-order valence-corrected chi connectivity index (χ4v) is 1.81. The molecule has 16 heavy (non-hydrogen) atoms. The fraction of sp³-hybridized carbons (Fsp3) is 0.462. The largest absolute Gasteiger partial charge is 0.338 e. The molecule has 0 aliphatic rings. The third-order valence-corrected chi connectivity index (χ3v) is 3.58. The van der Waals surface area contributed by atoms with E-state index >= 15 is 0 Å². The third-order valence-electron chi connectivity index (χ3n) is 2.54. The number of rotatable bonds is 5. The molecule has 0 aromatic heterocycles. The summed E-state index contributed by atoms with van der Waals surface area (Å²) in [7, 11) is 0. The molecule has 0 aliphatic carbocycles. The van der Waals surface area contributed by atoms with E-state index in [-0.39, 0.29) is 10.7 Å². The molecule has 1 amide bonds. The third kappa shape index (κ3) is 3.63. The van der Waals surface area contributed by atoms with Crippen LogP contribution in [0.25, 0.3) is 0 Å². The molecule has 0 fully saturated rings. The van der Waals surface area contributed by atoms with Gasteiger partial charge in [0.1, 0.15) is 0 Å². The summed E-state index contributed by atoms with van der Waals surface area (Å²) in [5.41, 5.74) is 1.17. The van der Waals surface area contributed by atoms with Crippen molar-refractivity contribution in [3.63, 3.8) is 0 Å². The molecule has 0 bridgehead atoms. The number of carbonyl (C=O) groups excluding carboxylic acids is 1. The standard InChI is InChI=1S/C13H18BrNO/c1-3-12(14)13(16)15(4-2)10-11-8-6-5-7-9-11/h5-9,12H,3-4,10H2,1-2H3/t12-/m0/s1. The van der Waals surface area contributed by atoms with Gasteiger partial charge in [-0.2, -0.15) is 0 Å². The van der Waals surface area contributed by atoms with Gasteiger partial charge in [-0.1, -0.05) is 53.2 Å². The molecular weight excluding hydrogens is 266 g/mol. The van der Waals surface area contributed by atoms with Gasteiger partial charge >= 0.3 is 0 Å². The molecule has 88 valence electrons. The van der Waals surface area contributed by atoms with Gasteiger partial charge in [0.25, 0.3) is 0 Å². The molecule has 0 spiro atoms. The van der Waals surface area contributed by atoms with E-state index in [9.17, 15) is 4.79 Å². The molecule has 2 nitrogen and oxygen atoms in total. The average Bonchev–Trinajstić information content (AvgIpc) is 2.35. The Labute approximate surface area is 106 Å². The maximum absolute atomic E-state index is 12.0. The van der Waals surface area contributed by atoms with Gasteiger partial charge in [0.2, 0.25) is 5.91 Å². The van der Waals surface area contributed by atoms with Gasteiger partial charge in [-0.05, 0) is 18.9 Å². The number of hydrogen-bond acceptors (Lipinski definition) is 1. The predicted octanol–water partition coefficient (Wildman–Crippen LogP) is 3.21. The highest BCUT2D eigenvalue weighted by molar-refractivity contribution is 9.10. The zero-order valence-electron chi connectivity index (χ0n) is 9.82. The molecule has 1 aromatic rings. The van der Waals surface area contributed by atoms with Gasteiger partial charge in [-0.15, -0.1) is 0 Å². The number of nitrogens with zero attached hydrogens (tertiary/aromatic N) is 1. The number of alkyl halides is 1.